The van der Waals surface area contributed by atoms with Gasteiger partial charge in [0.1, 0.15) is 16.5 Å². The Labute approximate surface area is 203 Å². The summed E-state index contributed by atoms with van der Waals surface area (Å²) in [5.74, 6) is -0.689. The Morgan fingerprint density at radius 1 is 1.00 bits per heavy atom. The van der Waals surface area contributed by atoms with Crippen LogP contribution in [-0.2, 0) is 6.18 Å². The van der Waals surface area contributed by atoms with Crippen LogP contribution in [0, 0.1) is 13.8 Å². The Bertz CT molecular complexity index is 1360. The molecule has 3 aromatic heterocycles. The lowest BCUT2D eigenvalue weighted by atomic mass is 10.1. The number of carbonyl (C=O) groups excluding carboxylic acids is 1. The molecular weight excluding hydrogens is 479 g/mol. The number of aryl methyl sites for hydroxylation is 2. The van der Waals surface area contributed by atoms with Gasteiger partial charge < -0.3 is 10.1 Å². The summed E-state index contributed by atoms with van der Waals surface area (Å²) in [5, 5.41) is 3.49. The lowest BCUT2D eigenvalue weighted by molar-refractivity contribution is -0.145. The third kappa shape index (κ3) is 5.99. The molecule has 0 aliphatic heterocycles. The lowest BCUT2D eigenvalue weighted by Gasteiger charge is -2.16. The van der Waals surface area contributed by atoms with Gasteiger partial charge in [0.2, 0.25) is 5.82 Å². The molecular formula is C24H20F3N5O2S. The molecule has 4 aromatic rings. The zero-order valence-corrected chi connectivity index (χ0v) is 19.7. The fourth-order valence-corrected chi connectivity index (χ4v) is 3.94. The number of halogens is 3. The van der Waals surface area contributed by atoms with E-state index < -0.39 is 23.9 Å². The molecule has 0 aliphatic rings. The van der Waals surface area contributed by atoms with Crippen LogP contribution in [0.4, 0.5) is 13.2 Å². The van der Waals surface area contributed by atoms with Gasteiger partial charge in [-0.2, -0.15) is 13.2 Å². The maximum Gasteiger partial charge on any atom is 0.451 e. The Kier molecular flexibility index (Phi) is 6.79. The van der Waals surface area contributed by atoms with Crippen molar-refractivity contribution in [1.29, 1.82) is 0 Å². The third-order valence-corrected chi connectivity index (χ3v) is 5.88. The number of ether oxygens (including phenoxy) is 1. The first kappa shape index (κ1) is 24.3. The number of nitrogens with zero attached hydrogens (tertiary/aromatic N) is 4. The molecule has 0 aliphatic carbocycles. The molecule has 1 unspecified atom stereocenters. The predicted molar refractivity (Wildman–Crippen MR) is 124 cm³/mol. The van der Waals surface area contributed by atoms with E-state index in [0.29, 0.717) is 28.2 Å². The van der Waals surface area contributed by atoms with Crippen LogP contribution in [0.3, 0.4) is 0 Å². The first-order valence-corrected chi connectivity index (χ1v) is 11.3. The van der Waals surface area contributed by atoms with Crippen molar-refractivity contribution in [2.75, 3.05) is 0 Å². The topological polar surface area (TPSA) is 89.9 Å². The minimum atomic E-state index is -4.64. The first-order valence-electron chi connectivity index (χ1n) is 10.5. The summed E-state index contributed by atoms with van der Waals surface area (Å²) in [4.78, 5) is 29.4. The van der Waals surface area contributed by atoms with E-state index in [1.165, 1.54) is 11.3 Å². The number of carbonyl (C=O) groups is 1. The number of pyridine rings is 1. The highest BCUT2D eigenvalue weighted by molar-refractivity contribution is 7.14. The van der Waals surface area contributed by atoms with Crippen molar-refractivity contribution in [3.63, 3.8) is 0 Å². The molecule has 180 valence electrons. The van der Waals surface area contributed by atoms with Crippen molar-refractivity contribution in [2.24, 2.45) is 0 Å². The van der Waals surface area contributed by atoms with Crippen molar-refractivity contribution in [1.82, 2.24) is 25.3 Å². The second-order valence-electron chi connectivity index (χ2n) is 7.79. The summed E-state index contributed by atoms with van der Waals surface area (Å²) in [5.41, 5.74) is 2.11. The largest absolute Gasteiger partial charge is 0.457 e. The molecule has 7 nitrogen and oxygen atoms in total. The average molecular weight is 500 g/mol. The van der Waals surface area contributed by atoms with Gasteiger partial charge >= 0.3 is 6.18 Å². The molecule has 0 radical (unpaired) electrons. The van der Waals surface area contributed by atoms with Gasteiger partial charge in [-0.05, 0) is 45.0 Å². The molecule has 1 N–H and O–H groups in total. The molecule has 4 rings (SSSR count). The quantitative estimate of drug-likeness (QED) is 0.355. The smallest absolute Gasteiger partial charge is 0.451 e. The minimum Gasteiger partial charge on any atom is -0.457 e. The fraction of sp³-hybridized carbons (Fsp3) is 0.208. The van der Waals surface area contributed by atoms with Gasteiger partial charge in [-0.15, -0.1) is 11.3 Å². The van der Waals surface area contributed by atoms with Crippen LogP contribution in [-0.4, -0.2) is 25.8 Å². The summed E-state index contributed by atoms with van der Waals surface area (Å²) < 4.78 is 44.2. The molecule has 1 amide bonds. The zero-order chi connectivity index (χ0) is 25.2. The van der Waals surface area contributed by atoms with E-state index in [0.717, 1.165) is 28.0 Å². The SMILES string of the molecule is Cc1cc(Oc2cc(C(=O)NC(C)c3cnc(C(F)(F)F)nc3)cc(-c3ncc(C)s3)c2)ccn1. The van der Waals surface area contributed by atoms with Crippen molar-refractivity contribution in [2.45, 2.75) is 33.0 Å². The van der Waals surface area contributed by atoms with E-state index in [-0.39, 0.29) is 0 Å². The number of thiazole rings is 1. The number of rotatable bonds is 6. The van der Waals surface area contributed by atoms with E-state index in [1.807, 2.05) is 13.8 Å². The van der Waals surface area contributed by atoms with E-state index in [1.54, 1.807) is 49.6 Å². The number of amides is 1. The summed E-state index contributed by atoms with van der Waals surface area (Å²) in [6.07, 6.45) is 0.835. The standard InChI is InChI=1S/C24H20F3N5O2S/c1-13-6-19(4-5-28-13)34-20-8-16(7-17(9-20)22-29-10-14(2)35-22)21(33)32-15(3)18-11-30-23(31-12-18)24(25,26)27/h4-12,15H,1-3H3,(H,32,33). The molecule has 0 bridgehead atoms. The third-order valence-electron chi connectivity index (χ3n) is 4.91. The number of alkyl halides is 3. The van der Waals surface area contributed by atoms with Crippen LogP contribution in [0.1, 0.15) is 45.3 Å². The summed E-state index contributed by atoms with van der Waals surface area (Å²) in [6.45, 7) is 5.41. The number of aromatic nitrogens is 4. The maximum atomic E-state index is 13.1. The van der Waals surface area contributed by atoms with Gasteiger partial charge in [0.25, 0.3) is 5.91 Å². The van der Waals surface area contributed by atoms with Gasteiger partial charge in [0, 0.05) is 58.1 Å². The van der Waals surface area contributed by atoms with Gasteiger partial charge in [0.05, 0.1) is 6.04 Å². The Hall–Kier alpha value is -3.86. The normalized spacial score (nSPS) is 12.3. The van der Waals surface area contributed by atoms with Crippen LogP contribution in [0.15, 0.2) is 55.1 Å². The predicted octanol–water partition coefficient (Wildman–Crippen LogP) is 5.91. The average Bonchev–Trinajstić information content (AvgIpc) is 3.25. The minimum absolute atomic E-state index is 0.302. The Balaban J connectivity index is 1.61. The van der Waals surface area contributed by atoms with E-state index >= 15 is 0 Å². The van der Waals surface area contributed by atoms with E-state index in [9.17, 15) is 18.0 Å². The molecule has 1 atom stereocenters. The van der Waals surface area contributed by atoms with Crippen LogP contribution in [0.5, 0.6) is 11.5 Å². The number of hydrogen-bond acceptors (Lipinski definition) is 7. The number of hydrogen-bond donors (Lipinski definition) is 1. The molecule has 35 heavy (non-hydrogen) atoms. The molecule has 1 aromatic carbocycles. The van der Waals surface area contributed by atoms with Crippen molar-refractivity contribution < 1.29 is 22.7 Å². The summed E-state index contributed by atoms with van der Waals surface area (Å²) in [6, 6.07) is 7.91. The van der Waals surface area contributed by atoms with Gasteiger partial charge in [-0.3, -0.25) is 9.78 Å². The van der Waals surface area contributed by atoms with Crippen molar-refractivity contribution in [3.05, 3.63) is 82.6 Å². The highest BCUT2D eigenvalue weighted by Gasteiger charge is 2.34. The van der Waals surface area contributed by atoms with Crippen LogP contribution in [0.2, 0.25) is 0 Å². The highest BCUT2D eigenvalue weighted by Crippen LogP contribution is 2.32. The fourth-order valence-electron chi connectivity index (χ4n) is 3.19. The Morgan fingerprint density at radius 3 is 2.37 bits per heavy atom. The van der Waals surface area contributed by atoms with Crippen molar-refractivity contribution >= 4 is 17.2 Å². The van der Waals surface area contributed by atoms with E-state index in [2.05, 4.69) is 25.3 Å². The van der Waals surface area contributed by atoms with Crippen LogP contribution >= 0.6 is 11.3 Å². The Morgan fingerprint density at radius 2 is 1.74 bits per heavy atom. The lowest BCUT2D eigenvalue weighted by Crippen LogP contribution is -2.27. The number of nitrogens with one attached hydrogen (secondary N) is 1. The number of benzene rings is 1. The molecule has 0 fully saturated rings. The molecule has 0 spiro atoms. The monoisotopic (exact) mass is 499 g/mol. The maximum absolute atomic E-state index is 13.1. The second kappa shape index (κ2) is 9.79. The molecule has 0 saturated carbocycles. The highest BCUT2D eigenvalue weighted by atomic mass is 32.1. The van der Waals surface area contributed by atoms with Gasteiger partial charge in [-0.25, -0.2) is 15.0 Å². The summed E-state index contributed by atoms with van der Waals surface area (Å²) >= 11 is 1.48. The second-order valence-corrected chi connectivity index (χ2v) is 9.02. The molecule has 0 saturated heterocycles. The van der Waals surface area contributed by atoms with Gasteiger partial charge in [-0.1, -0.05) is 0 Å². The first-order chi connectivity index (χ1) is 16.6. The van der Waals surface area contributed by atoms with Crippen LogP contribution < -0.4 is 10.1 Å². The summed E-state index contributed by atoms with van der Waals surface area (Å²) in [7, 11) is 0. The zero-order valence-electron chi connectivity index (χ0n) is 18.9. The molecule has 11 heteroatoms. The van der Waals surface area contributed by atoms with Crippen molar-refractivity contribution in [3.8, 4) is 22.1 Å². The molecule has 3 heterocycles. The van der Waals surface area contributed by atoms with Crippen LogP contribution in [0.25, 0.3) is 10.6 Å². The van der Waals surface area contributed by atoms with E-state index in [4.69, 9.17) is 4.74 Å². The van der Waals surface area contributed by atoms with Gasteiger partial charge in [0.15, 0.2) is 0 Å².